The second-order valence-corrected chi connectivity index (χ2v) is 5.42. The molecule has 1 amide bonds. The van der Waals surface area contributed by atoms with E-state index >= 15 is 0 Å². The molecule has 114 valence electrons. The fraction of sp³-hybridized carbons (Fsp3) is 0.538. The maximum Gasteiger partial charge on any atom is 0.288 e. The molecule has 2 heterocycles. The molecule has 1 aromatic rings. The van der Waals surface area contributed by atoms with E-state index in [-0.39, 0.29) is 28.2 Å². The fourth-order valence-electron chi connectivity index (χ4n) is 2.31. The molecule has 7 nitrogen and oxygen atoms in total. The van der Waals surface area contributed by atoms with Crippen molar-refractivity contribution < 1.29 is 14.5 Å². The number of carbonyl (C=O) groups excluding carboxylic acids is 1. The third-order valence-corrected chi connectivity index (χ3v) is 3.70. The van der Waals surface area contributed by atoms with Gasteiger partial charge in [0.15, 0.2) is 0 Å². The van der Waals surface area contributed by atoms with Crippen LogP contribution in [-0.4, -0.2) is 47.5 Å². The van der Waals surface area contributed by atoms with Gasteiger partial charge >= 0.3 is 0 Å². The summed E-state index contributed by atoms with van der Waals surface area (Å²) in [6.45, 7) is 1.91. The Bertz CT molecular complexity index is 546. The van der Waals surface area contributed by atoms with Gasteiger partial charge in [0.1, 0.15) is 11.3 Å². The maximum atomic E-state index is 12.4. The second-order valence-electron chi connectivity index (χ2n) is 5.06. The van der Waals surface area contributed by atoms with Crippen molar-refractivity contribution in [3.05, 3.63) is 33.1 Å². The molecule has 0 radical (unpaired) electrons. The zero-order valence-corrected chi connectivity index (χ0v) is 12.4. The Morgan fingerprint density at radius 1 is 1.67 bits per heavy atom. The smallest absolute Gasteiger partial charge is 0.288 e. The second kappa shape index (κ2) is 6.82. The summed E-state index contributed by atoms with van der Waals surface area (Å²) < 4.78 is 5.38. The number of carbonyl (C=O) groups is 1. The summed E-state index contributed by atoms with van der Waals surface area (Å²) in [6, 6.07) is 1.16. The van der Waals surface area contributed by atoms with Crippen LogP contribution in [0.15, 0.2) is 12.3 Å². The molecule has 1 saturated heterocycles. The highest BCUT2D eigenvalue weighted by molar-refractivity contribution is 6.32. The SMILES string of the molecule is CN(CC1CCCOC1)C(=O)c1cc([N+](=O)[O-])cnc1Cl. The lowest BCUT2D eigenvalue weighted by molar-refractivity contribution is -0.385. The van der Waals surface area contributed by atoms with Gasteiger partial charge in [-0.15, -0.1) is 0 Å². The van der Waals surface area contributed by atoms with Gasteiger partial charge in [-0.3, -0.25) is 14.9 Å². The van der Waals surface area contributed by atoms with E-state index in [0.717, 1.165) is 31.7 Å². The van der Waals surface area contributed by atoms with Crippen molar-refractivity contribution in [3.8, 4) is 0 Å². The number of rotatable bonds is 4. The molecular formula is C13H16ClN3O4. The summed E-state index contributed by atoms with van der Waals surface area (Å²) in [4.78, 5) is 27.7. The van der Waals surface area contributed by atoms with Crippen LogP contribution < -0.4 is 0 Å². The maximum absolute atomic E-state index is 12.4. The number of aromatic nitrogens is 1. The zero-order chi connectivity index (χ0) is 15.4. The first-order valence-electron chi connectivity index (χ1n) is 6.62. The van der Waals surface area contributed by atoms with Crippen LogP contribution in [0.1, 0.15) is 23.2 Å². The summed E-state index contributed by atoms with van der Waals surface area (Å²) in [7, 11) is 1.64. The summed E-state index contributed by atoms with van der Waals surface area (Å²) in [6.07, 6.45) is 3.01. The number of nitrogens with zero attached hydrogens (tertiary/aromatic N) is 3. The molecule has 1 fully saturated rings. The van der Waals surface area contributed by atoms with E-state index in [2.05, 4.69) is 4.98 Å². The van der Waals surface area contributed by atoms with Crippen molar-refractivity contribution in [2.24, 2.45) is 5.92 Å². The molecule has 1 atom stereocenters. The van der Waals surface area contributed by atoms with Gasteiger partial charge in [-0.05, 0) is 18.8 Å². The minimum Gasteiger partial charge on any atom is -0.381 e. The molecule has 0 aliphatic carbocycles. The monoisotopic (exact) mass is 313 g/mol. The molecule has 0 saturated carbocycles. The van der Waals surface area contributed by atoms with Crippen molar-refractivity contribution in [1.82, 2.24) is 9.88 Å². The van der Waals surface area contributed by atoms with Crippen LogP contribution in [0.2, 0.25) is 5.15 Å². The quantitative estimate of drug-likeness (QED) is 0.483. The molecule has 0 spiro atoms. The Morgan fingerprint density at radius 3 is 3.05 bits per heavy atom. The average Bonchev–Trinajstić information content (AvgIpc) is 2.47. The normalized spacial score (nSPS) is 18.3. The minimum absolute atomic E-state index is 0.0302. The first kappa shape index (κ1) is 15.7. The zero-order valence-electron chi connectivity index (χ0n) is 11.6. The lowest BCUT2D eigenvalue weighted by Crippen LogP contribution is -2.35. The predicted octanol–water partition coefficient (Wildman–Crippen LogP) is 2.14. The van der Waals surface area contributed by atoms with Gasteiger partial charge in [0.05, 0.1) is 17.1 Å². The number of halogens is 1. The first-order chi connectivity index (χ1) is 9.99. The number of hydrogen-bond donors (Lipinski definition) is 0. The van der Waals surface area contributed by atoms with Gasteiger partial charge in [0.25, 0.3) is 11.6 Å². The molecule has 21 heavy (non-hydrogen) atoms. The van der Waals surface area contributed by atoms with Crippen molar-refractivity contribution in [2.75, 3.05) is 26.8 Å². The number of amides is 1. The van der Waals surface area contributed by atoms with Gasteiger partial charge in [-0.2, -0.15) is 0 Å². The summed E-state index contributed by atoms with van der Waals surface area (Å²) in [5.74, 6) is -0.0973. The first-order valence-corrected chi connectivity index (χ1v) is 7.00. The number of nitro groups is 1. The molecule has 2 rings (SSSR count). The molecule has 1 unspecified atom stereocenters. The van der Waals surface area contributed by atoms with E-state index in [9.17, 15) is 14.9 Å². The van der Waals surface area contributed by atoms with E-state index in [4.69, 9.17) is 16.3 Å². The fourth-order valence-corrected chi connectivity index (χ4v) is 2.50. The average molecular weight is 314 g/mol. The van der Waals surface area contributed by atoms with Gasteiger partial charge in [0, 0.05) is 26.3 Å². The van der Waals surface area contributed by atoms with Crippen molar-refractivity contribution in [2.45, 2.75) is 12.8 Å². The van der Waals surface area contributed by atoms with Gasteiger partial charge in [-0.25, -0.2) is 4.98 Å². The molecule has 8 heteroatoms. The van der Waals surface area contributed by atoms with Crippen molar-refractivity contribution >= 4 is 23.2 Å². The molecular weight excluding hydrogens is 298 g/mol. The highest BCUT2D eigenvalue weighted by Crippen LogP contribution is 2.21. The Balaban J connectivity index is 2.10. The molecule has 1 aliphatic heterocycles. The number of pyridine rings is 1. The van der Waals surface area contributed by atoms with E-state index in [0.29, 0.717) is 13.2 Å². The minimum atomic E-state index is -0.602. The highest BCUT2D eigenvalue weighted by Gasteiger charge is 2.23. The highest BCUT2D eigenvalue weighted by atomic mass is 35.5. The van der Waals surface area contributed by atoms with E-state index in [1.54, 1.807) is 7.05 Å². The van der Waals surface area contributed by atoms with Crippen LogP contribution in [0.3, 0.4) is 0 Å². The number of hydrogen-bond acceptors (Lipinski definition) is 5. The number of ether oxygens (including phenoxy) is 1. The molecule has 1 aliphatic rings. The van der Waals surface area contributed by atoms with Crippen LogP contribution in [0.25, 0.3) is 0 Å². The third kappa shape index (κ3) is 3.89. The van der Waals surface area contributed by atoms with Crippen LogP contribution in [0.5, 0.6) is 0 Å². The largest absolute Gasteiger partial charge is 0.381 e. The van der Waals surface area contributed by atoms with E-state index in [1.165, 1.54) is 4.90 Å². The van der Waals surface area contributed by atoms with Crippen LogP contribution in [0, 0.1) is 16.0 Å². The Labute approximate surface area is 127 Å². The van der Waals surface area contributed by atoms with E-state index in [1.807, 2.05) is 0 Å². The topological polar surface area (TPSA) is 85.6 Å². The molecule has 0 aromatic carbocycles. The third-order valence-electron chi connectivity index (χ3n) is 3.40. The summed E-state index contributed by atoms with van der Waals surface area (Å²) in [5.41, 5.74) is -0.206. The van der Waals surface area contributed by atoms with Gasteiger partial charge in [0.2, 0.25) is 0 Å². The van der Waals surface area contributed by atoms with Crippen molar-refractivity contribution in [1.29, 1.82) is 0 Å². The van der Waals surface area contributed by atoms with Gasteiger partial charge in [-0.1, -0.05) is 11.6 Å². The van der Waals surface area contributed by atoms with Crippen molar-refractivity contribution in [3.63, 3.8) is 0 Å². The van der Waals surface area contributed by atoms with Crippen LogP contribution >= 0.6 is 11.6 Å². The van der Waals surface area contributed by atoms with Gasteiger partial charge < -0.3 is 9.64 Å². The Hall–Kier alpha value is -1.73. The molecule has 0 N–H and O–H groups in total. The standard InChI is InChI=1S/C13H16ClN3O4/c1-16(7-9-3-2-4-21-8-9)13(18)11-5-10(17(19)20)6-15-12(11)14/h5-6,9H,2-4,7-8H2,1H3. The lowest BCUT2D eigenvalue weighted by Gasteiger charge is -2.27. The summed E-state index contributed by atoms with van der Waals surface area (Å²) >= 11 is 5.88. The van der Waals surface area contributed by atoms with Crippen LogP contribution in [-0.2, 0) is 4.74 Å². The van der Waals surface area contributed by atoms with Crippen LogP contribution in [0.4, 0.5) is 5.69 Å². The van der Waals surface area contributed by atoms with E-state index < -0.39 is 4.92 Å². The Kier molecular flexibility index (Phi) is 5.08. The lowest BCUT2D eigenvalue weighted by atomic mass is 10.0. The summed E-state index contributed by atoms with van der Waals surface area (Å²) in [5, 5.41) is 10.7. The predicted molar refractivity (Wildman–Crippen MR) is 76.4 cm³/mol. The molecule has 1 aromatic heterocycles. The molecule has 0 bridgehead atoms. The Morgan fingerprint density at radius 2 is 2.43 bits per heavy atom.